The molecule has 0 aliphatic carbocycles. The molecular formula is C13H21NO3. The normalized spacial score (nSPS) is 12.6. The Bertz CT molecular complexity index is 377. The second kappa shape index (κ2) is 5.89. The van der Waals surface area contributed by atoms with Gasteiger partial charge >= 0.3 is 0 Å². The molecule has 1 aromatic rings. The summed E-state index contributed by atoms with van der Waals surface area (Å²) in [5.74, 6) is 1.51. The van der Waals surface area contributed by atoms with E-state index in [0.29, 0.717) is 0 Å². The van der Waals surface area contributed by atoms with E-state index in [0.717, 1.165) is 22.6 Å². The zero-order chi connectivity index (χ0) is 13.0. The Morgan fingerprint density at radius 3 is 2.29 bits per heavy atom. The average molecular weight is 239 g/mol. The minimum atomic E-state index is -0.0733. The third kappa shape index (κ3) is 2.90. The number of methoxy groups -OCH3 is 2. The van der Waals surface area contributed by atoms with Crippen LogP contribution in [0.5, 0.6) is 11.5 Å². The van der Waals surface area contributed by atoms with E-state index >= 15 is 0 Å². The Morgan fingerprint density at radius 2 is 1.88 bits per heavy atom. The molecule has 1 unspecified atom stereocenters. The van der Waals surface area contributed by atoms with Gasteiger partial charge in [-0.1, -0.05) is 0 Å². The predicted molar refractivity (Wildman–Crippen MR) is 67.8 cm³/mol. The van der Waals surface area contributed by atoms with Crippen LogP contribution in [0.4, 0.5) is 0 Å². The van der Waals surface area contributed by atoms with Crippen LogP contribution in [0.2, 0.25) is 0 Å². The molecule has 0 radical (unpaired) electrons. The van der Waals surface area contributed by atoms with Crippen LogP contribution in [0.25, 0.3) is 0 Å². The lowest BCUT2D eigenvalue weighted by atomic mass is 9.99. The van der Waals surface area contributed by atoms with E-state index < -0.39 is 0 Å². The second-order valence-electron chi connectivity index (χ2n) is 4.22. The fourth-order valence-electron chi connectivity index (χ4n) is 1.96. The summed E-state index contributed by atoms with van der Waals surface area (Å²) in [6.45, 7) is 2.04. The van der Waals surface area contributed by atoms with Crippen molar-refractivity contribution in [3.05, 3.63) is 23.3 Å². The summed E-state index contributed by atoms with van der Waals surface area (Å²) < 4.78 is 10.6. The highest BCUT2D eigenvalue weighted by molar-refractivity contribution is 5.48. The molecule has 0 saturated carbocycles. The van der Waals surface area contributed by atoms with Gasteiger partial charge in [0.25, 0.3) is 0 Å². The molecule has 0 saturated heterocycles. The van der Waals surface area contributed by atoms with E-state index in [-0.39, 0.29) is 12.6 Å². The molecule has 17 heavy (non-hydrogen) atoms. The number of nitrogens with zero attached hydrogens (tertiary/aromatic N) is 1. The molecule has 1 atom stereocenters. The SMILES string of the molecule is COc1cc(C)c(C(CO)N(C)C)c(OC)c1. The van der Waals surface area contributed by atoms with Crippen LogP contribution in [-0.4, -0.2) is 44.9 Å². The maximum atomic E-state index is 9.49. The Kier molecular flexibility index (Phi) is 4.78. The number of hydrogen-bond acceptors (Lipinski definition) is 4. The first-order valence-electron chi connectivity index (χ1n) is 5.55. The molecule has 4 heteroatoms. The zero-order valence-electron chi connectivity index (χ0n) is 11.2. The van der Waals surface area contributed by atoms with E-state index in [1.54, 1.807) is 14.2 Å². The van der Waals surface area contributed by atoms with Crippen LogP contribution < -0.4 is 9.47 Å². The van der Waals surface area contributed by atoms with Crippen molar-refractivity contribution in [3.8, 4) is 11.5 Å². The number of aliphatic hydroxyl groups excluding tert-OH is 1. The summed E-state index contributed by atoms with van der Waals surface area (Å²) in [5, 5.41) is 9.49. The van der Waals surface area contributed by atoms with E-state index in [4.69, 9.17) is 9.47 Å². The van der Waals surface area contributed by atoms with E-state index in [9.17, 15) is 5.11 Å². The highest BCUT2D eigenvalue weighted by atomic mass is 16.5. The quantitative estimate of drug-likeness (QED) is 0.847. The monoisotopic (exact) mass is 239 g/mol. The molecule has 1 rings (SSSR count). The Hall–Kier alpha value is -1.26. The minimum Gasteiger partial charge on any atom is -0.497 e. The van der Waals surface area contributed by atoms with Crippen molar-refractivity contribution in [2.24, 2.45) is 0 Å². The van der Waals surface area contributed by atoms with Gasteiger partial charge < -0.3 is 19.5 Å². The van der Waals surface area contributed by atoms with Crippen molar-refractivity contribution in [2.75, 3.05) is 34.9 Å². The van der Waals surface area contributed by atoms with Crippen LogP contribution in [-0.2, 0) is 0 Å². The Morgan fingerprint density at radius 1 is 1.24 bits per heavy atom. The van der Waals surface area contributed by atoms with Crippen molar-refractivity contribution in [3.63, 3.8) is 0 Å². The van der Waals surface area contributed by atoms with Gasteiger partial charge in [-0.25, -0.2) is 0 Å². The third-order valence-corrected chi connectivity index (χ3v) is 2.91. The third-order valence-electron chi connectivity index (χ3n) is 2.91. The lowest BCUT2D eigenvalue weighted by Gasteiger charge is -2.26. The maximum Gasteiger partial charge on any atom is 0.127 e. The molecule has 0 aliphatic rings. The Balaban J connectivity index is 3.30. The van der Waals surface area contributed by atoms with E-state index in [2.05, 4.69) is 0 Å². The van der Waals surface area contributed by atoms with Gasteiger partial charge in [0.2, 0.25) is 0 Å². The van der Waals surface area contributed by atoms with Crippen LogP contribution in [0.3, 0.4) is 0 Å². The van der Waals surface area contributed by atoms with Gasteiger partial charge in [0.15, 0.2) is 0 Å². The standard InChI is InChI=1S/C13H21NO3/c1-9-6-10(16-4)7-12(17-5)13(9)11(8-15)14(2)3/h6-7,11,15H,8H2,1-5H3. The predicted octanol–water partition coefficient (Wildman–Crippen LogP) is 1.61. The van der Waals surface area contributed by atoms with Gasteiger partial charge in [-0.3, -0.25) is 0 Å². The molecule has 0 heterocycles. The van der Waals surface area contributed by atoms with Crippen molar-refractivity contribution in [1.29, 1.82) is 0 Å². The molecule has 1 N–H and O–H groups in total. The molecule has 0 amide bonds. The first-order valence-corrected chi connectivity index (χ1v) is 5.55. The first-order chi connectivity index (χ1) is 8.04. The summed E-state index contributed by atoms with van der Waals surface area (Å²) in [6, 6.07) is 3.72. The van der Waals surface area contributed by atoms with Gasteiger partial charge in [0.05, 0.1) is 26.9 Å². The molecular weight excluding hydrogens is 218 g/mol. The fourth-order valence-corrected chi connectivity index (χ4v) is 1.96. The summed E-state index contributed by atoms with van der Waals surface area (Å²) in [4.78, 5) is 1.97. The van der Waals surface area contributed by atoms with Gasteiger partial charge in [0.1, 0.15) is 11.5 Å². The molecule has 0 aliphatic heterocycles. The second-order valence-corrected chi connectivity index (χ2v) is 4.22. The molecule has 0 bridgehead atoms. The molecule has 0 spiro atoms. The first kappa shape index (κ1) is 13.8. The van der Waals surface area contributed by atoms with Crippen molar-refractivity contribution < 1.29 is 14.6 Å². The molecule has 0 aromatic heterocycles. The van der Waals surface area contributed by atoms with Gasteiger partial charge in [0, 0.05) is 11.6 Å². The van der Waals surface area contributed by atoms with Gasteiger partial charge in [-0.2, -0.15) is 0 Å². The minimum absolute atomic E-state index is 0.0521. The molecule has 0 fully saturated rings. The van der Waals surface area contributed by atoms with E-state index in [1.807, 2.05) is 38.1 Å². The summed E-state index contributed by atoms with van der Waals surface area (Å²) in [6.07, 6.45) is 0. The smallest absolute Gasteiger partial charge is 0.127 e. The number of benzene rings is 1. The zero-order valence-corrected chi connectivity index (χ0v) is 11.2. The molecule has 1 aromatic carbocycles. The number of aliphatic hydroxyl groups is 1. The molecule has 4 nitrogen and oxygen atoms in total. The topological polar surface area (TPSA) is 41.9 Å². The van der Waals surface area contributed by atoms with Gasteiger partial charge in [-0.15, -0.1) is 0 Å². The number of hydrogen-bond donors (Lipinski definition) is 1. The van der Waals surface area contributed by atoms with Crippen molar-refractivity contribution in [2.45, 2.75) is 13.0 Å². The average Bonchev–Trinajstić information content (AvgIpc) is 2.31. The van der Waals surface area contributed by atoms with Crippen molar-refractivity contribution >= 4 is 0 Å². The molecule has 96 valence electrons. The lowest BCUT2D eigenvalue weighted by Crippen LogP contribution is -2.24. The highest BCUT2D eigenvalue weighted by Crippen LogP contribution is 2.34. The van der Waals surface area contributed by atoms with Crippen LogP contribution >= 0.6 is 0 Å². The number of aryl methyl sites for hydroxylation is 1. The summed E-state index contributed by atoms with van der Waals surface area (Å²) >= 11 is 0. The van der Waals surface area contributed by atoms with Gasteiger partial charge in [-0.05, 0) is 32.6 Å². The lowest BCUT2D eigenvalue weighted by molar-refractivity contribution is 0.167. The van der Waals surface area contributed by atoms with Crippen LogP contribution in [0.15, 0.2) is 12.1 Å². The number of ether oxygens (including phenoxy) is 2. The van der Waals surface area contributed by atoms with Crippen LogP contribution in [0.1, 0.15) is 17.2 Å². The highest BCUT2D eigenvalue weighted by Gasteiger charge is 2.20. The summed E-state index contributed by atoms with van der Waals surface area (Å²) in [7, 11) is 7.12. The number of rotatable bonds is 5. The van der Waals surface area contributed by atoms with E-state index in [1.165, 1.54) is 0 Å². The summed E-state index contributed by atoms with van der Waals surface area (Å²) in [5.41, 5.74) is 2.05. The van der Waals surface area contributed by atoms with Crippen LogP contribution in [0, 0.1) is 6.92 Å². The number of likely N-dealkylation sites (N-methyl/N-ethyl adjacent to an activating group) is 1. The largest absolute Gasteiger partial charge is 0.497 e. The Labute approximate surface area is 103 Å². The maximum absolute atomic E-state index is 9.49. The fraction of sp³-hybridized carbons (Fsp3) is 0.538. The van der Waals surface area contributed by atoms with Crippen molar-refractivity contribution in [1.82, 2.24) is 4.90 Å².